The molecule has 3 aromatic rings. The van der Waals surface area contributed by atoms with Gasteiger partial charge in [-0.15, -0.1) is 0 Å². The Morgan fingerprint density at radius 3 is 2.75 bits per heavy atom. The van der Waals surface area contributed by atoms with Crippen molar-refractivity contribution in [1.82, 2.24) is 10.1 Å². The molecule has 0 aliphatic heterocycles. The van der Waals surface area contributed by atoms with Gasteiger partial charge in [0.25, 0.3) is 0 Å². The van der Waals surface area contributed by atoms with Gasteiger partial charge in [0, 0.05) is 12.8 Å². The second kappa shape index (κ2) is 7.75. The van der Waals surface area contributed by atoms with Crippen LogP contribution in [0.4, 0.5) is 5.69 Å². The topological polar surface area (TPSA) is 60.2 Å². The van der Waals surface area contributed by atoms with Crippen molar-refractivity contribution in [2.45, 2.75) is 26.0 Å². The molecule has 0 aliphatic carbocycles. The maximum absolute atomic E-state index is 5.35. The Balaban J connectivity index is 1.59. The van der Waals surface area contributed by atoms with Crippen LogP contribution in [0.2, 0.25) is 0 Å². The first-order valence-corrected chi connectivity index (χ1v) is 7.96. The lowest BCUT2D eigenvalue weighted by Crippen LogP contribution is -2.03. The summed E-state index contributed by atoms with van der Waals surface area (Å²) in [5.74, 6) is 1.27. The van der Waals surface area contributed by atoms with Gasteiger partial charge in [-0.1, -0.05) is 47.6 Å². The molecule has 0 saturated heterocycles. The van der Waals surface area contributed by atoms with Crippen molar-refractivity contribution >= 4 is 5.69 Å². The number of nitrogens with zero attached hydrogens (tertiary/aromatic N) is 2. The summed E-state index contributed by atoms with van der Waals surface area (Å²) in [6.07, 6.45) is 0.712. The van der Waals surface area contributed by atoms with Crippen LogP contribution >= 0.6 is 0 Å². The number of methoxy groups -OCH3 is 1. The van der Waals surface area contributed by atoms with Crippen molar-refractivity contribution in [3.05, 3.63) is 77.4 Å². The average molecular weight is 323 g/mol. The third-order valence-electron chi connectivity index (χ3n) is 3.87. The lowest BCUT2D eigenvalue weighted by molar-refractivity contribution is 0.119. The van der Waals surface area contributed by atoms with Gasteiger partial charge in [0.2, 0.25) is 5.89 Å². The minimum absolute atomic E-state index is 0.0643. The summed E-state index contributed by atoms with van der Waals surface area (Å²) in [6, 6.07) is 18.2. The summed E-state index contributed by atoms with van der Waals surface area (Å²) >= 11 is 0. The summed E-state index contributed by atoms with van der Waals surface area (Å²) in [5.41, 5.74) is 3.29. The SMILES string of the molecule is COC(C)c1cccc(NCc2noc(Cc3ccccc3)n2)c1. The first-order chi connectivity index (χ1) is 11.7. The summed E-state index contributed by atoms with van der Waals surface area (Å²) in [5, 5.41) is 7.34. The third kappa shape index (κ3) is 4.20. The second-order valence-corrected chi connectivity index (χ2v) is 5.62. The Morgan fingerprint density at radius 2 is 1.96 bits per heavy atom. The van der Waals surface area contributed by atoms with Gasteiger partial charge in [0.15, 0.2) is 5.82 Å². The standard InChI is InChI=1S/C19H21N3O2/c1-14(23-2)16-9-6-10-17(12-16)20-13-18-21-19(24-22-18)11-15-7-4-3-5-8-15/h3-10,12,14,20H,11,13H2,1-2H3. The number of anilines is 1. The van der Waals surface area contributed by atoms with E-state index >= 15 is 0 Å². The van der Waals surface area contributed by atoms with Crippen molar-refractivity contribution in [2.75, 3.05) is 12.4 Å². The number of hydrogen-bond donors (Lipinski definition) is 1. The molecule has 0 saturated carbocycles. The van der Waals surface area contributed by atoms with Crippen LogP contribution in [0.15, 0.2) is 59.1 Å². The Hall–Kier alpha value is -2.66. The van der Waals surface area contributed by atoms with Gasteiger partial charge >= 0.3 is 0 Å². The summed E-state index contributed by atoms with van der Waals surface area (Å²) in [6.45, 7) is 2.54. The van der Waals surface area contributed by atoms with E-state index in [-0.39, 0.29) is 6.10 Å². The van der Waals surface area contributed by atoms with E-state index in [0.717, 1.165) is 16.8 Å². The molecule has 124 valence electrons. The Kier molecular flexibility index (Phi) is 5.23. The van der Waals surface area contributed by atoms with Crippen molar-refractivity contribution < 1.29 is 9.26 Å². The molecule has 0 radical (unpaired) electrons. The number of nitrogens with one attached hydrogen (secondary N) is 1. The van der Waals surface area contributed by atoms with Gasteiger partial charge in [-0.05, 0) is 30.2 Å². The molecule has 0 amide bonds. The Bertz CT molecular complexity index is 771. The van der Waals surface area contributed by atoms with E-state index in [1.165, 1.54) is 0 Å². The van der Waals surface area contributed by atoms with Crippen LogP contribution in [0.1, 0.15) is 35.9 Å². The van der Waals surface area contributed by atoms with E-state index < -0.39 is 0 Å². The van der Waals surface area contributed by atoms with Crippen LogP contribution < -0.4 is 5.32 Å². The normalized spacial score (nSPS) is 12.1. The zero-order chi connectivity index (χ0) is 16.8. The maximum Gasteiger partial charge on any atom is 0.231 e. The quantitative estimate of drug-likeness (QED) is 0.712. The Labute approximate surface area is 141 Å². The number of aromatic nitrogens is 2. The lowest BCUT2D eigenvalue weighted by Gasteiger charge is -2.11. The van der Waals surface area contributed by atoms with Crippen molar-refractivity contribution in [1.29, 1.82) is 0 Å². The molecule has 0 spiro atoms. The molecule has 5 nitrogen and oxygen atoms in total. The van der Waals surface area contributed by atoms with Crippen molar-refractivity contribution in [3.63, 3.8) is 0 Å². The second-order valence-electron chi connectivity index (χ2n) is 5.62. The Morgan fingerprint density at radius 1 is 1.12 bits per heavy atom. The van der Waals surface area contributed by atoms with Crippen molar-refractivity contribution in [3.8, 4) is 0 Å². The van der Waals surface area contributed by atoms with Gasteiger partial charge in [0.05, 0.1) is 19.1 Å². The van der Waals surface area contributed by atoms with Gasteiger partial charge in [-0.2, -0.15) is 4.98 Å². The van der Waals surface area contributed by atoms with Gasteiger partial charge < -0.3 is 14.6 Å². The minimum atomic E-state index is 0.0643. The summed E-state index contributed by atoms with van der Waals surface area (Å²) in [7, 11) is 1.71. The van der Waals surface area contributed by atoms with Gasteiger partial charge in [-0.3, -0.25) is 0 Å². The molecule has 24 heavy (non-hydrogen) atoms. The molecule has 0 bridgehead atoms. The van der Waals surface area contributed by atoms with E-state index in [0.29, 0.717) is 24.7 Å². The fourth-order valence-electron chi connectivity index (χ4n) is 2.42. The maximum atomic E-state index is 5.35. The molecule has 3 rings (SSSR count). The third-order valence-corrected chi connectivity index (χ3v) is 3.87. The molecule has 1 N–H and O–H groups in total. The van der Waals surface area contributed by atoms with Crippen LogP contribution in [-0.4, -0.2) is 17.3 Å². The lowest BCUT2D eigenvalue weighted by atomic mass is 10.1. The fourth-order valence-corrected chi connectivity index (χ4v) is 2.42. The minimum Gasteiger partial charge on any atom is -0.378 e. The molecule has 2 aromatic carbocycles. The predicted octanol–water partition coefficient (Wildman–Crippen LogP) is 3.98. The molecule has 5 heteroatoms. The van der Waals surface area contributed by atoms with E-state index in [4.69, 9.17) is 9.26 Å². The molecular weight excluding hydrogens is 302 g/mol. The van der Waals surface area contributed by atoms with Crippen molar-refractivity contribution in [2.24, 2.45) is 0 Å². The highest BCUT2D eigenvalue weighted by Crippen LogP contribution is 2.20. The largest absolute Gasteiger partial charge is 0.378 e. The number of hydrogen-bond acceptors (Lipinski definition) is 5. The summed E-state index contributed by atoms with van der Waals surface area (Å²) in [4.78, 5) is 4.43. The first-order valence-electron chi connectivity index (χ1n) is 7.96. The van der Waals surface area contributed by atoms with Crippen LogP contribution in [0.5, 0.6) is 0 Å². The van der Waals surface area contributed by atoms with Gasteiger partial charge in [-0.25, -0.2) is 0 Å². The number of rotatable bonds is 7. The highest BCUT2D eigenvalue weighted by Gasteiger charge is 2.08. The highest BCUT2D eigenvalue weighted by molar-refractivity contribution is 5.46. The van der Waals surface area contributed by atoms with E-state index in [2.05, 4.69) is 21.5 Å². The fraction of sp³-hybridized carbons (Fsp3) is 0.263. The van der Waals surface area contributed by atoms with Crippen LogP contribution in [-0.2, 0) is 17.7 Å². The monoisotopic (exact) mass is 323 g/mol. The van der Waals surface area contributed by atoms with Crippen LogP contribution in [0, 0.1) is 0 Å². The predicted molar refractivity (Wildman–Crippen MR) is 92.7 cm³/mol. The smallest absolute Gasteiger partial charge is 0.231 e. The number of benzene rings is 2. The average Bonchev–Trinajstić information content (AvgIpc) is 3.08. The molecular formula is C19H21N3O2. The molecule has 0 fully saturated rings. The van der Waals surface area contributed by atoms with Crippen LogP contribution in [0.3, 0.4) is 0 Å². The zero-order valence-corrected chi connectivity index (χ0v) is 13.9. The van der Waals surface area contributed by atoms with E-state index in [9.17, 15) is 0 Å². The highest BCUT2D eigenvalue weighted by atomic mass is 16.5. The molecule has 1 unspecified atom stereocenters. The van der Waals surface area contributed by atoms with E-state index in [1.54, 1.807) is 7.11 Å². The van der Waals surface area contributed by atoms with Gasteiger partial charge in [0.1, 0.15) is 0 Å². The molecule has 1 heterocycles. The number of ether oxygens (including phenoxy) is 1. The molecule has 1 atom stereocenters. The molecule has 0 aliphatic rings. The van der Waals surface area contributed by atoms with Crippen LogP contribution in [0.25, 0.3) is 0 Å². The molecule has 1 aromatic heterocycles. The first kappa shape index (κ1) is 16.2. The summed E-state index contributed by atoms with van der Waals surface area (Å²) < 4.78 is 10.7. The van der Waals surface area contributed by atoms with E-state index in [1.807, 2.05) is 55.5 Å². The zero-order valence-electron chi connectivity index (χ0n) is 13.9.